The summed E-state index contributed by atoms with van der Waals surface area (Å²) in [4.78, 5) is 14.0. The molecule has 0 radical (unpaired) electrons. The molecule has 0 aromatic heterocycles. The smallest absolute Gasteiger partial charge is 0.248 e. The van der Waals surface area contributed by atoms with Crippen LogP contribution in [-0.2, 0) is 14.8 Å². The van der Waals surface area contributed by atoms with Crippen LogP contribution in [0.25, 0.3) is 0 Å². The van der Waals surface area contributed by atoms with E-state index >= 15 is 0 Å². The molecule has 0 unspecified atom stereocenters. The third kappa shape index (κ3) is 5.15. The van der Waals surface area contributed by atoms with E-state index in [0.29, 0.717) is 25.3 Å². The fraction of sp³-hybridized carbons (Fsp3) is 0.471. The van der Waals surface area contributed by atoms with Crippen LogP contribution >= 0.6 is 0 Å². The second-order valence-corrected chi connectivity index (χ2v) is 8.08. The first-order valence-electron chi connectivity index (χ1n) is 8.12. The van der Waals surface area contributed by atoms with Crippen LogP contribution in [-0.4, -0.2) is 57.3 Å². The van der Waals surface area contributed by atoms with Crippen molar-refractivity contribution in [2.45, 2.75) is 24.2 Å². The number of nitrogens with one attached hydrogen (secondary N) is 1. The van der Waals surface area contributed by atoms with Crippen LogP contribution in [0.15, 0.2) is 41.3 Å². The lowest BCUT2D eigenvalue weighted by Gasteiger charge is -2.25. The number of rotatable bonds is 6. The standard InChI is InChI=1S/C17H25N3O3S/c1-19(2)12-6-7-17(21)18-15-8-10-16(11-9-15)24(22,23)20-13-4-3-5-14-20/h6-11H,3-5,12-14H2,1-2H3,(H,18,21)/b7-6+. The first-order valence-corrected chi connectivity index (χ1v) is 9.56. The average Bonchev–Trinajstić information content (AvgIpc) is 2.56. The molecule has 1 aliphatic heterocycles. The van der Waals surface area contributed by atoms with Crippen molar-refractivity contribution in [2.24, 2.45) is 0 Å². The Hall–Kier alpha value is -1.70. The van der Waals surface area contributed by atoms with Gasteiger partial charge in [-0.05, 0) is 51.2 Å². The van der Waals surface area contributed by atoms with Crippen molar-refractivity contribution in [3.63, 3.8) is 0 Å². The normalized spacial score (nSPS) is 16.6. The molecule has 0 spiro atoms. The number of carbonyl (C=O) groups is 1. The summed E-state index contributed by atoms with van der Waals surface area (Å²) in [6.45, 7) is 1.84. The zero-order valence-corrected chi connectivity index (χ0v) is 15.1. The van der Waals surface area contributed by atoms with E-state index in [9.17, 15) is 13.2 Å². The summed E-state index contributed by atoms with van der Waals surface area (Å²) in [5, 5.41) is 2.72. The van der Waals surface area contributed by atoms with Crippen molar-refractivity contribution in [2.75, 3.05) is 39.0 Å². The fourth-order valence-electron chi connectivity index (χ4n) is 2.52. The van der Waals surface area contributed by atoms with Gasteiger partial charge >= 0.3 is 0 Å². The number of anilines is 1. The summed E-state index contributed by atoms with van der Waals surface area (Å²) in [5.74, 6) is -0.233. The molecule has 24 heavy (non-hydrogen) atoms. The molecule has 1 aromatic rings. The Bertz CT molecular complexity index is 676. The summed E-state index contributed by atoms with van der Waals surface area (Å²) in [5.41, 5.74) is 0.576. The Balaban J connectivity index is 1.99. The maximum Gasteiger partial charge on any atom is 0.248 e. The highest BCUT2D eigenvalue weighted by Gasteiger charge is 2.25. The van der Waals surface area contributed by atoms with Crippen LogP contribution in [0.5, 0.6) is 0 Å². The minimum absolute atomic E-state index is 0.233. The highest BCUT2D eigenvalue weighted by molar-refractivity contribution is 7.89. The molecule has 1 fully saturated rings. The Morgan fingerprint density at radius 1 is 1.17 bits per heavy atom. The molecule has 0 aliphatic carbocycles. The van der Waals surface area contributed by atoms with E-state index in [-0.39, 0.29) is 10.8 Å². The van der Waals surface area contributed by atoms with Crippen molar-refractivity contribution >= 4 is 21.6 Å². The fourth-order valence-corrected chi connectivity index (χ4v) is 4.04. The molecule has 0 saturated carbocycles. The molecule has 6 nitrogen and oxygen atoms in total. The number of hydrogen-bond donors (Lipinski definition) is 1. The number of hydrogen-bond acceptors (Lipinski definition) is 4. The van der Waals surface area contributed by atoms with E-state index in [4.69, 9.17) is 0 Å². The van der Waals surface area contributed by atoms with Gasteiger partial charge in [0.25, 0.3) is 0 Å². The van der Waals surface area contributed by atoms with Gasteiger partial charge < -0.3 is 10.2 Å². The number of benzene rings is 1. The van der Waals surface area contributed by atoms with Gasteiger partial charge in [-0.1, -0.05) is 12.5 Å². The van der Waals surface area contributed by atoms with Crippen LogP contribution in [0, 0.1) is 0 Å². The van der Waals surface area contributed by atoms with Gasteiger partial charge in [0.2, 0.25) is 15.9 Å². The van der Waals surface area contributed by atoms with Gasteiger partial charge in [0.05, 0.1) is 4.90 Å². The predicted molar refractivity (Wildman–Crippen MR) is 95.4 cm³/mol. The van der Waals surface area contributed by atoms with Crippen molar-refractivity contribution in [1.82, 2.24) is 9.21 Å². The number of likely N-dealkylation sites (N-methyl/N-ethyl adjacent to an activating group) is 1. The summed E-state index contributed by atoms with van der Waals surface area (Å²) >= 11 is 0. The van der Waals surface area contributed by atoms with E-state index in [1.54, 1.807) is 30.3 Å². The number of carbonyl (C=O) groups excluding carboxylic acids is 1. The molecule has 1 amide bonds. The molecular formula is C17H25N3O3S. The molecule has 1 aromatic carbocycles. The third-order valence-corrected chi connectivity index (χ3v) is 5.73. The molecular weight excluding hydrogens is 326 g/mol. The van der Waals surface area contributed by atoms with Crippen molar-refractivity contribution in [3.05, 3.63) is 36.4 Å². The summed E-state index contributed by atoms with van der Waals surface area (Å²) in [6, 6.07) is 6.33. The first kappa shape index (κ1) is 18.6. The molecule has 7 heteroatoms. The van der Waals surface area contributed by atoms with Gasteiger partial charge in [-0.3, -0.25) is 4.79 Å². The Labute approximate surface area is 144 Å². The summed E-state index contributed by atoms with van der Waals surface area (Å²) < 4.78 is 26.6. The minimum Gasteiger partial charge on any atom is -0.323 e. The largest absolute Gasteiger partial charge is 0.323 e. The third-order valence-electron chi connectivity index (χ3n) is 3.81. The molecule has 2 rings (SSSR count). The topological polar surface area (TPSA) is 69.7 Å². The van der Waals surface area contributed by atoms with Crippen LogP contribution in [0.4, 0.5) is 5.69 Å². The van der Waals surface area contributed by atoms with E-state index < -0.39 is 10.0 Å². The van der Waals surface area contributed by atoms with Gasteiger partial charge in [0.15, 0.2) is 0 Å². The van der Waals surface area contributed by atoms with Gasteiger partial charge in [-0.25, -0.2) is 8.42 Å². The summed E-state index contributed by atoms with van der Waals surface area (Å²) in [6.07, 6.45) is 6.14. The highest BCUT2D eigenvalue weighted by atomic mass is 32.2. The number of nitrogens with zero attached hydrogens (tertiary/aromatic N) is 2. The van der Waals surface area contributed by atoms with Gasteiger partial charge in [-0.2, -0.15) is 4.31 Å². The van der Waals surface area contributed by atoms with Crippen LogP contribution < -0.4 is 5.32 Å². The molecule has 1 N–H and O–H groups in total. The molecule has 132 valence electrons. The lowest BCUT2D eigenvalue weighted by molar-refractivity contribution is -0.111. The van der Waals surface area contributed by atoms with E-state index in [1.165, 1.54) is 10.4 Å². The first-order chi connectivity index (χ1) is 11.4. The van der Waals surface area contributed by atoms with E-state index in [2.05, 4.69) is 5.32 Å². The molecule has 0 atom stereocenters. The van der Waals surface area contributed by atoms with Crippen molar-refractivity contribution in [3.8, 4) is 0 Å². The molecule has 1 aliphatic rings. The summed E-state index contributed by atoms with van der Waals surface area (Å²) in [7, 11) is 0.411. The molecule has 1 heterocycles. The minimum atomic E-state index is -3.43. The second-order valence-electron chi connectivity index (χ2n) is 6.14. The van der Waals surface area contributed by atoms with Gasteiger partial charge in [0.1, 0.15) is 0 Å². The second kappa shape index (κ2) is 8.41. The Kier molecular flexibility index (Phi) is 6.53. The van der Waals surface area contributed by atoms with Gasteiger partial charge in [0, 0.05) is 31.4 Å². The zero-order chi connectivity index (χ0) is 17.6. The maximum atomic E-state index is 12.5. The van der Waals surface area contributed by atoms with Crippen molar-refractivity contribution < 1.29 is 13.2 Å². The zero-order valence-electron chi connectivity index (χ0n) is 14.2. The Morgan fingerprint density at radius 2 is 1.79 bits per heavy atom. The SMILES string of the molecule is CN(C)C/C=C/C(=O)Nc1ccc(S(=O)(=O)N2CCCCC2)cc1. The quantitative estimate of drug-likeness (QED) is 0.795. The Morgan fingerprint density at radius 3 is 2.38 bits per heavy atom. The highest BCUT2D eigenvalue weighted by Crippen LogP contribution is 2.21. The van der Waals surface area contributed by atoms with Crippen LogP contribution in [0.2, 0.25) is 0 Å². The maximum absolute atomic E-state index is 12.5. The van der Waals surface area contributed by atoms with Crippen LogP contribution in [0.1, 0.15) is 19.3 Å². The molecule has 1 saturated heterocycles. The van der Waals surface area contributed by atoms with Gasteiger partial charge in [-0.15, -0.1) is 0 Å². The lowest BCUT2D eigenvalue weighted by atomic mass is 10.2. The number of amides is 1. The van der Waals surface area contributed by atoms with Crippen LogP contribution in [0.3, 0.4) is 0 Å². The average molecular weight is 351 g/mol. The monoisotopic (exact) mass is 351 g/mol. The number of piperidine rings is 1. The van der Waals surface area contributed by atoms with Crippen molar-refractivity contribution in [1.29, 1.82) is 0 Å². The predicted octanol–water partition coefficient (Wildman–Crippen LogP) is 1.92. The molecule has 0 bridgehead atoms. The van der Waals surface area contributed by atoms with E-state index in [0.717, 1.165) is 19.3 Å². The van der Waals surface area contributed by atoms with E-state index in [1.807, 2.05) is 19.0 Å². The number of sulfonamides is 1. The lowest BCUT2D eigenvalue weighted by Crippen LogP contribution is -2.35.